The molecule has 1 aromatic heterocycles. The third kappa shape index (κ3) is 1.77. The quantitative estimate of drug-likeness (QED) is 0.698. The first-order valence-corrected chi connectivity index (χ1v) is 4.69. The number of hydrogen-bond donors (Lipinski definition) is 2. The summed E-state index contributed by atoms with van der Waals surface area (Å²) in [6, 6.07) is 1.85. The summed E-state index contributed by atoms with van der Waals surface area (Å²) >= 11 is 0. The second-order valence-electron chi connectivity index (χ2n) is 3.58. The van der Waals surface area contributed by atoms with E-state index >= 15 is 0 Å². The number of hydrogen-bond acceptors (Lipinski definition) is 3. The Morgan fingerprint density at radius 3 is 2.93 bits per heavy atom. The van der Waals surface area contributed by atoms with Crippen LogP contribution in [0.5, 0.6) is 0 Å². The molecule has 0 spiro atoms. The van der Waals surface area contributed by atoms with Gasteiger partial charge in [0.05, 0.1) is 6.54 Å². The number of carboxylic acids is 1. The number of carbonyl (C=O) groups is 1. The first-order chi connectivity index (χ1) is 6.73. The van der Waals surface area contributed by atoms with Crippen molar-refractivity contribution in [3.63, 3.8) is 0 Å². The molecule has 14 heavy (non-hydrogen) atoms. The van der Waals surface area contributed by atoms with Crippen molar-refractivity contribution in [3.8, 4) is 0 Å². The van der Waals surface area contributed by atoms with E-state index in [1.807, 2.05) is 12.3 Å². The maximum absolute atomic E-state index is 10.8. The Bertz CT molecular complexity index is 317. The lowest BCUT2D eigenvalue weighted by atomic mass is 10.3. The summed E-state index contributed by atoms with van der Waals surface area (Å²) in [5, 5.41) is 16.0. The maximum Gasteiger partial charge on any atom is 0.323 e. The van der Waals surface area contributed by atoms with Crippen molar-refractivity contribution in [2.75, 3.05) is 6.54 Å². The molecule has 5 heteroatoms. The van der Waals surface area contributed by atoms with E-state index in [4.69, 9.17) is 5.11 Å². The van der Waals surface area contributed by atoms with Crippen LogP contribution in [0.3, 0.4) is 0 Å². The average Bonchev–Trinajstić information content (AvgIpc) is 2.76. The largest absolute Gasteiger partial charge is 0.480 e. The minimum atomic E-state index is -0.738. The molecule has 0 aromatic carbocycles. The SMILES string of the molecule is O=C(O)C1(NCCn2cccn2)CC1. The fourth-order valence-electron chi connectivity index (χ4n) is 1.43. The smallest absolute Gasteiger partial charge is 0.323 e. The molecule has 0 radical (unpaired) electrons. The average molecular weight is 195 g/mol. The second kappa shape index (κ2) is 3.42. The van der Waals surface area contributed by atoms with Crippen molar-refractivity contribution >= 4 is 5.97 Å². The Balaban J connectivity index is 1.76. The van der Waals surface area contributed by atoms with Crippen molar-refractivity contribution < 1.29 is 9.90 Å². The lowest BCUT2D eigenvalue weighted by Gasteiger charge is -2.11. The zero-order valence-corrected chi connectivity index (χ0v) is 7.81. The number of nitrogens with one attached hydrogen (secondary N) is 1. The van der Waals surface area contributed by atoms with Crippen LogP contribution in [0.2, 0.25) is 0 Å². The van der Waals surface area contributed by atoms with E-state index in [0.717, 1.165) is 12.8 Å². The highest BCUT2D eigenvalue weighted by molar-refractivity contribution is 5.82. The summed E-state index contributed by atoms with van der Waals surface area (Å²) in [5.74, 6) is -0.738. The fourth-order valence-corrected chi connectivity index (χ4v) is 1.43. The summed E-state index contributed by atoms with van der Waals surface area (Å²) < 4.78 is 1.78. The van der Waals surface area contributed by atoms with Gasteiger partial charge in [-0.3, -0.25) is 9.48 Å². The van der Waals surface area contributed by atoms with Crippen molar-refractivity contribution in [2.24, 2.45) is 0 Å². The van der Waals surface area contributed by atoms with Crippen LogP contribution in [0.1, 0.15) is 12.8 Å². The molecule has 1 heterocycles. The van der Waals surface area contributed by atoms with E-state index in [2.05, 4.69) is 10.4 Å². The molecule has 1 fully saturated rings. The molecular weight excluding hydrogens is 182 g/mol. The number of aromatic nitrogens is 2. The van der Waals surface area contributed by atoms with Crippen LogP contribution in [0.4, 0.5) is 0 Å². The molecule has 0 unspecified atom stereocenters. The normalized spacial score (nSPS) is 18.0. The molecule has 1 aliphatic carbocycles. The molecule has 0 saturated heterocycles. The zero-order valence-electron chi connectivity index (χ0n) is 7.81. The third-order valence-electron chi connectivity index (χ3n) is 2.52. The van der Waals surface area contributed by atoms with E-state index in [9.17, 15) is 4.79 Å². The van der Waals surface area contributed by atoms with Gasteiger partial charge >= 0.3 is 5.97 Å². The van der Waals surface area contributed by atoms with Gasteiger partial charge < -0.3 is 10.4 Å². The van der Waals surface area contributed by atoms with E-state index in [1.54, 1.807) is 10.9 Å². The first kappa shape index (κ1) is 9.21. The van der Waals surface area contributed by atoms with Crippen LogP contribution in [0.25, 0.3) is 0 Å². The van der Waals surface area contributed by atoms with Crippen LogP contribution in [0, 0.1) is 0 Å². The van der Waals surface area contributed by atoms with Crippen molar-refractivity contribution in [2.45, 2.75) is 24.9 Å². The standard InChI is InChI=1S/C9H13N3O2/c13-8(14)9(2-3-9)10-5-7-12-6-1-4-11-12/h1,4,6,10H,2-3,5,7H2,(H,13,14). The Labute approximate surface area is 81.7 Å². The highest BCUT2D eigenvalue weighted by Gasteiger charge is 2.49. The summed E-state index contributed by atoms with van der Waals surface area (Å²) in [6.45, 7) is 1.36. The highest BCUT2D eigenvalue weighted by atomic mass is 16.4. The fraction of sp³-hybridized carbons (Fsp3) is 0.556. The molecule has 0 amide bonds. The molecule has 2 rings (SSSR count). The second-order valence-corrected chi connectivity index (χ2v) is 3.58. The Hall–Kier alpha value is -1.36. The van der Waals surface area contributed by atoms with Gasteiger partial charge in [0.1, 0.15) is 5.54 Å². The van der Waals surface area contributed by atoms with E-state index in [1.165, 1.54) is 0 Å². The van der Waals surface area contributed by atoms with Crippen molar-refractivity contribution in [3.05, 3.63) is 18.5 Å². The van der Waals surface area contributed by atoms with Gasteiger partial charge in [-0.1, -0.05) is 0 Å². The van der Waals surface area contributed by atoms with Crippen LogP contribution < -0.4 is 5.32 Å². The third-order valence-corrected chi connectivity index (χ3v) is 2.52. The van der Waals surface area contributed by atoms with Gasteiger partial charge in [-0.25, -0.2) is 0 Å². The Morgan fingerprint density at radius 1 is 1.64 bits per heavy atom. The summed E-state index contributed by atoms with van der Waals surface area (Å²) in [7, 11) is 0. The Morgan fingerprint density at radius 2 is 2.43 bits per heavy atom. The molecule has 76 valence electrons. The number of nitrogens with zero attached hydrogens (tertiary/aromatic N) is 2. The summed E-state index contributed by atoms with van der Waals surface area (Å²) in [6.07, 6.45) is 5.05. The van der Waals surface area contributed by atoms with Crippen molar-refractivity contribution in [1.29, 1.82) is 0 Å². The Kier molecular flexibility index (Phi) is 2.25. The highest BCUT2D eigenvalue weighted by Crippen LogP contribution is 2.35. The minimum absolute atomic E-state index is 0.632. The number of carboxylic acid groups (broad SMARTS) is 1. The lowest BCUT2D eigenvalue weighted by molar-refractivity contribution is -0.140. The lowest BCUT2D eigenvalue weighted by Crippen LogP contribution is -2.40. The van der Waals surface area contributed by atoms with Gasteiger partial charge in [0.2, 0.25) is 0 Å². The van der Waals surface area contributed by atoms with Crippen LogP contribution in [-0.4, -0.2) is 32.9 Å². The maximum atomic E-state index is 10.8. The molecule has 5 nitrogen and oxygen atoms in total. The predicted octanol–water partition coefficient (Wildman–Crippen LogP) is 0.0899. The van der Waals surface area contributed by atoms with Gasteiger partial charge in [0.15, 0.2) is 0 Å². The predicted molar refractivity (Wildman–Crippen MR) is 49.8 cm³/mol. The molecule has 0 aliphatic heterocycles. The van der Waals surface area contributed by atoms with E-state index in [-0.39, 0.29) is 0 Å². The van der Waals surface area contributed by atoms with Gasteiger partial charge in [-0.05, 0) is 18.9 Å². The summed E-state index contributed by atoms with van der Waals surface area (Å²) in [4.78, 5) is 10.8. The summed E-state index contributed by atoms with van der Waals surface area (Å²) in [5.41, 5.74) is -0.632. The monoisotopic (exact) mass is 195 g/mol. The van der Waals surface area contributed by atoms with Gasteiger partial charge in [-0.15, -0.1) is 0 Å². The topological polar surface area (TPSA) is 67.2 Å². The molecule has 1 saturated carbocycles. The molecule has 2 N–H and O–H groups in total. The van der Waals surface area contributed by atoms with E-state index < -0.39 is 11.5 Å². The molecule has 1 aromatic rings. The van der Waals surface area contributed by atoms with Gasteiger partial charge in [-0.2, -0.15) is 5.10 Å². The number of rotatable bonds is 5. The first-order valence-electron chi connectivity index (χ1n) is 4.69. The van der Waals surface area contributed by atoms with Crippen LogP contribution >= 0.6 is 0 Å². The van der Waals surface area contributed by atoms with Gasteiger partial charge in [0, 0.05) is 18.9 Å². The molecule has 0 atom stereocenters. The van der Waals surface area contributed by atoms with Crippen LogP contribution in [0.15, 0.2) is 18.5 Å². The molecule has 1 aliphatic rings. The molecule has 0 bridgehead atoms. The van der Waals surface area contributed by atoms with Gasteiger partial charge in [0.25, 0.3) is 0 Å². The van der Waals surface area contributed by atoms with Crippen LogP contribution in [-0.2, 0) is 11.3 Å². The molecular formula is C9H13N3O2. The van der Waals surface area contributed by atoms with Crippen molar-refractivity contribution in [1.82, 2.24) is 15.1 Å². The minimum Gasteiger partial charge on any atom is -0.480 e. The van der Waals surface area contributed by atoms with E-state index in [0.29, 0.717) is 13.1 Å². The zero-order chi connectivity index (χ0) is 10.0. The number of aliphatic carboxylic acids is 1.